The van der Waals surface area contributed by atoms with Crippen molar-refractivity contribution >= 4 is 17.6 Å². The molecule has 1 atom stereocenters. The van der Waals surface area contributed by atoms with Crippen LogP contribution in [0.15, 0.2) is 41.0 Å². The summed E-state index contributed by atoms with van der Waals surface area (Å²) < 4.78 is 17.9. The number of para-hydroxylation sites is 1. The second kappa shape index (κ2) is 6.47. The van der Waals surface area contributed by atoms with Crippen LogP contribution >= 0.6 is 0 Å². The third-order valence-corrected chi connectivity index (χ3v) is 3.48. The van der Waals surface area contributed by atoms with Crippen LogP contribution in [0.1, 0.15) is 30.0 Å². The maximum Gasteiger partial charge on any atom is 0.328 e. The summed E-state index contributed by atoms with van der Waals surface area (Å²) in [6, 6.07) is 5.99. The molecule has 0 saturated heterocycles. The summed E-state index contributed by atoms with van der Waals surface area (Å²) in [4.78, 5) is 26.2. The van der Waals surface area contributed by atoms with Gasteiger partial charge in [-0.05, 0) is 44.0 Å². The average Bonchev–Trinajstić information content (AvgIpc) is 3.07. The number of ether oxygens (including phenoxy) is 1. The molecule has 116 valence electrons. The van der Waals surface area contributed by atoms with Gasteiger partial charge in [0.2, 0.25) is 0 Å². The van der Waals surface area contributed by atoms with Crippen molar-refractivity contribution in [1.82, 2.24) is 0 Å². The van der Waals surface area contributed by atoms with Gasteiger partial charge in [-0.1, -0.05) is 18.2 Å². The summed E-state index contributed by atoms with van der Waals surface area (Å²) in [5, 5.41) is 0. The van der Waals surface area contributed by atoms with E-state index < -0.39 is 17.9 Å². The van der Waals surface area contributed by atoms with Crippen LogP contribution in [0.5, 0.6) is 0 Å². The number of amides is 1. The number of hydrogen-bond donors (Lipinski definition) is 0. The number of carbonyl (C=O) groups excluding carboxylic acids is 2. The van der Waals surface area contributed by atoms with E-state index in [4.69, 9.17) is 10.5 Å². The van der Waals surface area contributed by atoms with Gasteiger partial charge in [0.25, 0.3) is 5.91 Å². The van der Waals surface area contributed by atoms with Crippen LogP contribution in [0.3, 0.4) is 0 Å². The molecular weight excluding hydrogens is 282 g/mol. The molecule has 0 spiro atoms. The van der Waals surface area contributed by atoms with E-state index in [1.807, 2.05) is 6.92 Å². The Bertz CT molecular complexity index is 724. The Labute approximate surface area is 130 Å². The van der Waals surface area contributed by atoms with Crippen molar-refractivity contribution in [2.75, 3.05) is 12.0 Å². The quantitative estimate of drug-likeness (QED) is 0.814. The van der Waals surface area contributed by atoms with Crippen molar-refractivity contribution in [2.24, 2.45) is 0 Å². The number of benzene rings is 1. The van der Waals surface area contributed by atoms with Gasteiger partial charge in [0.1, 0.15) is 6.04 Å². The molecule has 0 N–H and O–H groups in total. The van der Waals surface area contributed by atoms with Gasteiger partial charge in [0, 0.05) is 0 Å². The molecule has 22 heavy (non-hydrogen) atoms. The lowest BCUT2D eigenvalue weighted by atomic mass is 10.1. The molecule has 1 heterocycles. The summed E-state index contributed by atoms with van der Waals surface area (Å²) in [5.41, 5.74) is 1.92. The van der Waals surface area contributed by atoms with Gasteiger partial charge < -0.3 is 9.15 Å². The standard InChI is InChI=1S/C17H19NO4/c1-11-7-5-8-12(2)15(11)18(13(3)17(20)21-4)16(19)14-9-6-10-22-14/h5-10,13H,1-4H3/t13-/m0/s1/i7D. The van der Waals surface area contributed by atoms with Crippen molar-refractivity contribution in [2.45, 2.75) is 26.8 Å². The molecule has 0 bridgehead atoms. The van der Waals surface area contributed by atoms with Crippen LogP contribution in [-0.2, 0) is 9.53 Å². The fourth-order valence-electron chi connectivity index (χ4n) is 2.37. The highest BCUT2D eigenvalue weighted by Gasteiger charge is 2.32. The molecule has 0 radical (unpaired) electrons. The zero-order valence-electron chi connectivity index (χ0n) is 14.0. The van der Waals surface area contributed by atoms with Crippen LogP contribution < -0.4 is 4.90 Å². The van der Waals surface area contributed by atoms with Crippen LogP contribution in [0.4, 0.5) is 5.69 Å². The van der Waals surface area contributed by atoms with Gasteiger partial charge in [-0.3, -0.25) is 9.69 Å². The van der Waals surface area contributed by atoms with Crippen molar-refractivity contribution in [3.8, 4) is 0 Å². The molecule has 0 fully saturated rings. The molecule has 5 heteroatoms. The van der Waals surface area contributed by atoms with Crippen molar-refractivity contribution in [1.29, 1.82) is 0 Å². The molecule has 0 saturated carbocycles. The number of anilines is 1. The molecule has 0 aliphatic rings. The van der Waals surface area contributed by atoms with Crippen molar-refractivity contribution in [3.63, 3.8) is 0 Å². The van der Waals surface area contributed by atoms with Crippen LogP contribution in [0.25, 0.3) is 0 Å². The molecule has 1 amide bonds. The molecule has 2 rings (SSSR count). The van der Waals surface area contributed by atoms with Gasteiger partial charge in [0.05, 0.1) is 20.4 Å². The van der Waals surface area contributed by atoms with Gasteiger partial charge in [-0.15, -0.1) is 0 Å². The smallest absolute Gasteiger partial charge is 0.328 e. The third kappa shape index (κ3) is 2.88. The molecular formula is C17H19NO4. The Morgan fingerprint density at radius 1 is 1.27 bits per heavy atom. The summed E-state index contributed by atoms with van der Waals surface area (Å²) >= 11 is 0. The SMILES string of the molecule is [2H]c1ccc(C)c(N(C(=O)c2ccco2)[C@@H](C)C(=O)OC)c1C. The number of esters is 1. The molecule has 5 nitrogen and oxygen atoms in total. The monoisotopic (exact) mass is 302 g/mol. The Balaban J connectivity index is 2.61. The fourth-order valence-corrected chi connectivity index (χ4v) is 2.37. The number of furan rings is 1. The van der Waals surface area contributed by atoms with E-state index in [-0.39, 0.29) is 5.76 Å². The highest BCUT2D eigenvalue weighted by molar-refractivity contribution is 6.08. The Hall–Kier alpha value is -2.56. The summed E-state index contributed by atoms with van der Waals surface area (Å²) in [6.07, 6.45) is 1.40. The lowest BCUT2D eigenvalue weighted by Crippen LogP contribution is -2.44. The molecule has 0 unspecified atom stereocenters. The number of methoxy groups -OCH3 is 1. The first kappa shape index (κ1) is 14.4. The highest BCUT2D eigenvalue weighted by atomic mass is 16.5. The number of hydrogen-bond acceptors (Lipinski definition) is 4. The van der Waals surface area contributed by atoms with Crippen molar-refractivity contribution < 1.29 is 20.1 Å². The van der Waals surface area contributed by atoms with Crippen LogP contribution in [-0.4, -0.2) is 25.0 Å². The minimum absolute atomic E-state index is 0.120. The molecule has 0 aliphatic heterocycles. The second-order valence-corrected chi connectivity index (χ2v) is 4.99. The molecule has 2 aromatic rings. The topological polar surface area (TPSA) is 59.8 Å². The third-order valence-electron chi connectivity index (χ3n) is 3.48. The largest absolute Gasteiger partial charge is 0.467 e. The Kier molecular flexibility index (Phi) is 4.23. The lowest BCUT2D eigenvalue weighted by Gasteiger charge is -2.29. The fraction of sp³-hybridized carbons (Fsp3) is 0.294. The second-order valence-electron chi connectivity index (χ2n) is 4.99. The summed E-state index contributed by atoms with van der Waals surface area (Å²) in [7, 11) is 1.27. The first-order valence-electron chi connectivity index (χ1n) is 7.40. The summed E-state index contributed by atoms with van der Waals surface area (Å²) in [6.45, 7) is 5.16. The number of carbonyl (C=O) groups is 2. The van der Waals surface area contributed by atoms with E-state index in [2.05, 4.69) is 0 Å². The van der Waals surface area contributed by atoms with Gasteiger partial charge in [-0.25, -0.2) is 4.79 Å². The Morgan fingerprint density at radius 3 is 2.59 bits per heavy atom. The van der Waals surface area contributed by atoms with E-state index in [0.717, 1.165) is 5.56 Å². The number of nitrogens with zero attached hydrogens (tertiary/aromatic N) is 1. The molecule has 1 aromatic heterocycles. The van der Waals surface area contributed by atoms with Gasteiger partial charge >= 0.3 is 5.97 Å². The highest BCUT2D eigenvalue weighted by Crippen LogP contribution is 2.28. The van der Waals surface area contributed by atoms with Crippen molar-refractivity contribution in [3.05, 3.63) is 53.5 Å². The van der Waals surface area contributed by atoms with Gasteiger partial charge in [0.15, 0.2) is 5.76 Å². The normalized spacial score (nSPS) is 12.5. The van der Waals surface area contributed by atoms with Gasteiger partial charge in [-0.2, -0.15) is 0 Å². The predicted octanol–water partition coefficient (Wildman–Crippen LogP) is 3.10. The summed E-state index contributed by atoms with van der Waals surface area (Å²) in [5.74, 6) is -0.876. The first-order valence-corrected chi connectivity index (χ1v) is 6.90. The zero-order chi connectivity index (χ0) is 17.1. The van der Waals surface area contributed by atoms with E-state index >= 15 is 0 Å². The molecule has 1 aromatic carbocycles. The predicted molar refractivity (Wildman–Crippen MR) is 82.9 cm³/mol. The van der Waals surface area contributed by atoms with Crippen LogP contribution in [0, 0.1) is 13.8 Å². The minimum Gasteiger partial charge on any atom is -0.467 e. The lowest BCUT2D eigenvalue weighted by molar-refractivity contribution is -0.141. The van der Waals surface area contributed by atoms with Crippen LogP contribution in [0.2, 0.25) is 0 Å². The van der Waals surface area contributed by atoms with E-state index in [0.29, 0.717) is 17.3 Å². The average molecular weight is 302 g/mol. The maximum absolute atomic E-state index is 12.8. The molecule has 0 aliphatic carbocycles. The zero-order valence-corrected chi connectivity index (χ0v) is 13.0. The maximum atomic E-state index is 12.8. The Morgan fingerprint density at radius 2 is 2.00 bits per heavy atom. The van der Waals surface area contributed by atoms with E-state index in [9.17, 15) is 9.59 Å². The number of aryl methyl sites for hydroxylation is 1. The van der Waals surface area contributed by atoms with E-state index in [1.165, 1.54) is 24.3 Å². The first-order chi connectivity index (χ1) is 10.9. The minimum atomic E-state index is -0.850. The van der Waals surface area contributed by atoms with E-state index in [1.54, 1.807) is 32.0 Å². The number of rotatable bonds is 4.